The van der Waals surface area contributed by atoms with E-state index in [4.69, 9.17) is 15.6 Å². The number of rotatable bonds is 6. The summed E-state index contributed by atoms with van der Waals surface area (Å²) in [6, 6.07) is 18.4. The molecule has 3 aromatic carbocycles. The zero-order chi connectivity index (χ0) is 27.1. The highest BCUT2D eigenvalue weighted by molar-refractivity contribution is 6.17. The van der Waals surface area contributed by atoms with Crippen LogP contribution in [0.2, 0.25) is 0 Å². The van der Waals surface area contributed by atoms with Crippen LogP contribution in [0.15, 0.2) is 82.3 Å². The number of hydrogen-bond acceptors (Lipinski definition) is 8. The number of anilines is 2. The Balaban J connectivity index is 1.41. The van der Waals surface area contributed by atoms with Gasteiger partial charge in [-0.05, 0) is 36.8 Å². The highest BCUT2D eigenvalue weighted by Crippen LogP contribution is 2.28. The number of nitrogens with one attached hydrogen (secondary N) is 3. The second-order valence-corrected chi connectivity index (χ2v) is 9.03. The average Bonchev–Trinajstić information content (AvgIpc) is 3.32. The molecule has 192 valence electrons. The van der Waals surface area contributed by atoms with E-state index in [0.29, 0.717) is 33.8 Å². The van der Waals surface area contributed by atoms with E-state index in [2.05, 4.69) is 25.5 Å². The summed E-state index contributed by atoms with van der Waals surface area (Å²) in [7, 11) is 0. The summed E-state index contributed by atoms with van der Waals surface area (Å²) in [5.41, 5.74) is 9.71. The average molecular weight is 520 g/mol. The number of nitrogen functional groups attached to an aromatic ring is 1. The van der Waals surface area contributed by atoms with Crippen LogP contribution >= 0.6 is 0 Å². The van der Waals surface area contributed by atoms with E-state index >= 15 is 0 Å². The summed E-state index contributed by atoms with van der Waals surface area (Å²) in [6.07, 6.45) is 1.30. The van der Waals surface area contributed by atoms with Gasteiger partial charge < -0.3 is 15.5 Å². The highest BCUT2D eigenvalue weighted by atomic mass is 19.1. The summed E-state index contributed by atoms with van der Waals surface area (Å²) in [6.45, 7) is 1.97. The van der Waals surface area contributed by atoms with Crippen molar-refractivity contribution in [1.29, 1.82) is 5.41 Å². The second-order valence-electron chi connectivity index (χ2n) is 9.03. The first-order valence-electron chi connectivity index (χ1n) is 12.1. The number of benzene rings is 3. The summed E-state index contributed by atoms with van der Waals surface area (Å²) in [4.78, 5) is 21.9. The van der Waals surface area contributed by atoms with Gasteiger partial charge in [0.1, 0.15) is 35.1 Å². The molecule has 0 amide bonds. The predicted molar refractivity (Wildman–Crippen MR) is 148 cm³/mol. The van der Waals surface area contributed by atoms with Gasteiger partial charge in [-0.3, -0.25) is 15.3 Å². The Bertz CT molecular complexity index is 1950. The molecular formula is C29H22FN7O2. The molecule has 6 rings (SSSR count). The SMILES string of the molecule is Cc1[nH]nc2cc(C(=N)c3c(N)ncnc3NCc3oc4ccc(F)cc4c(=O)c3-c3ccccc3)ccc12. The Morgan fingerprint density at radius 3 is 2.72 bits per heavy atom. The van der Waals surface area contributed by atoms with Crippen LogP contribution in [0.25, 0.3) is 33.0 Å². The normalized spacial score (nSPS) is 11.2. The van der Waals surface area contributed by atoms with Crippen LogP contribution in [0.3, 0.4) is 0 Å². The molecule has 0 aliphatic rings. The molecule has 0 radical (unpaired) electrons. The number of hydrogen-bond donors (Lipinski definition) is 4. The van der Waals surface area contributed by atoms with Gasteiger partial charge in [-0.15, -0.1) is 0 Å². The number of fused-ring (bicyclic) bond motifs is 2. The van der Waals surface area contributed by atoms with Crippen molar-refractivity contribution in [2.24, 2.45) is 0 Å². The van der Waals surface area contributed by atoms with Crippen molar-refractivity contribution < 1.29 is 8.81 Å². The van der Waals surface area contributed by atoms with Gasteiger partial charge in [-0.1, -0.05) is 42.5 Å². The Morgan fingerprint density at radius 2 is 1.90 bits per heavy atom. The van der Waals surface area contributed by atoms with Crippen molar-refractivity contribution in [3.05, 3.63) is 112 Å². The fourth-order valence-electron chi connectivity index (χ4n) is 4.62. The fraction of sp³-hybridized carbons (Fsp3) is 0.0690. The zero-order valence-corrected chi connectivity index (χ0v) is 20.7. The first kappa shape index (κ1) is 24.0. The van der Waals surface area contributed by atoms with Crippen molar-refractivity contribution in [3.63, 3.8) is 0 Å². The van der Waals surface area contributed by atoms with Crippen LogP contribution in [0.5, 0.6) is 0 Å². The third-order valence-electron chi connectivity index (χ3n) is 6.57. The number of halogens is 1. The maximum atomic E-state index is 14.0. The summed E-state index contributed by atoms with van der Waals surface area (Å²) >= 11 is 0. The monoisotopic (exact) mass is 519 g/mol. The summed E-state index contributed by atoms with van der Waals surface area (Å²) in [5.74, 6) is 0.220. The Morgan fingerprint density at radius 1 is 1.08 bits per heavy atom. The van der Waals surface area contributed by atoms with E-state index in [9.17, 15) is 9.18 Å². The molecular weight excluding hydrogens is 497 g/mol. The molecule has 0 atom stereocenters. The van der Waals surface area contributed by atoms with E-state index in [0.717, 1.165) is 16.6 Å². The van der Waals surface area contributed by atoms with Crippen LogP contribution in [-0.4, -0.2) is 25.9 Å². The molecule has 6 aromatic rings. The third kappa shape index (κ3) is 4.27. The lowest BCUT2D eigenvalue weighted by Crippen LogP contribution is -2.16. The third-order valence-corrected chi connectivity index (χ3v) is 6.57. The van der Waals surface area contributed by atoms with Crippen molar-refractivity contribution >= 4 is 39.2 Å². The van der Waals surface area contributed by atoms with Crippen LogP contribution < -0.4 is 16.5 Å². The minimum absolute atomic E-state index is 0.0428. The minimum Gasteiger partial charge on any atom is -0.458 e. The number of nitrogens with zero attached hydrogens (tertiary/aromatic N) is 3. The molecule has 0 bridgehead atoms. The maximum Gasteiger partial charge on any atom is 0.200 e. The molecule has 9 nitrogen and oxygen atoms in total. The number of aromatic nitrogens is 4. The van der Waals surface area contributed by atoms with Crippen molar-refractivity contribution in [2.45, 2.75) is 13.5 Å². The second kappa shape index (κ2) is 9.49. The lowest BCUT2D eigenvalue weighted by Gasteiger charge is -2.15. The molecule has 39 heavy (non-hydrogen) atoms. The molecule has 0 saturated carbocycles. The predicted octanol–water partition coefficient (Wildman–Crippen LogP) is 5.18. The van der Waals surface area contributed by atoms with Crippen LogP contribution in [-0.2, 0) is 6.54 Å². The smallest absolute Gasteiger partial charge is 0.200 e. The van der Waals surface area contributed by atoms with Gasteiger partial charge in [-0.25, -0.2) is 14.4 Å². The topological polar surface area (TPSA) is 147 Å². The van der Waals surface area contributed by atoms with E-state index in [-0.39, 0.29) is 34.5 Å². The van der Waals surface area contributed by atoms with Gasteiger partial charge in [0.2, 0.25) is 5.43 Å². The van der Waals surface area contributed by atoms with Gasteiger partial charge in [0.25, 0.3) is 0 Å². The number of nitrogens with two attached hydrogens (primary N) is 1. The van der Waals surface area contributed by atoms with E-state index < -0.39 is 5.82 Å². The molecule has 5 N–H and O–H groups in total. The molecule has 3 heterocycles. The molecule has 0 unspecified atom stereocenters. The van der Waals surface area contributed by atoms with E-state index in [1.807, 2.05) is 37.3 Å². The summed E-state index contributed by atoms with van der Waals surface area (Å²) < 4.78 is 20.1. The molecule has 0 fully saturated rings. The standard InChI is InChI=1S/C29H22FN7O2/c1-15-19-9-7-17(11-21(19)37-36-15)26(31)25-28(32)34-14-35-29(25)33-13-23-24(16-5-3-2-4-6-16)27(38)20-12-18(30)8-10-22(20)39-23/h2-12,14,31H,13H2,1H3,(H,36,37)(H3,32,33,34,35). The Labute approximate surface area is 221 Å². The number of H-pyrrole nitrogens is 1. The molecule has 0 saturated heterocycles. The molecule has 3 aromatic heterocycles. The van der Waals surface area contributed by atoms with Gasteiger partial charge in [0, 0.05) is 16.6 Å². The highest BCUT2D eigenvalue weighted by Gasteiger charge is 2.20. The largest absolute Gasteiger partial charge is 0.458 e. The Kier molecular flexibility index (Phi) is 5.84. The van der Waals surface area contributed by atoms with Gasteiger partial charge >= 0.3 is 0 Å². The van der Waals surface area contributed by atoms with Crippen LogP contribution in [0, 0.1) is 18.2 Å². The number of aromatic amines is 1. The summed E-state index contributed by atoms with van der Waals surface area (Å²) in [5, 5.41) is 20.4. The van der Waals surface area contributed by atoms with Gasteiger partial charge in [0.05, 0.1) is 34.3 Å². The molecule has 0 spiro atoms. The first-order valence-corrected chi connectivity index (χ1v) is 12.1. The molecule has 0 aliphatic carbocycles. The van der Waals surface area contributed by atoms with E-state index in [1.165, 1.54) is 24.5 Å². The molecule has 10 heteroatoms. The zero-order valence-electron chi connectivity index (χ0n) is 20.7. The van der Waals surface area contributed by atoms with Crippen LogP contribution in [0.4, 0.5) is 16.0 Å². The van der Waals surface area contributed by atoms with Crippen LogP contribution in [0.1, 0.15) is 22.6 Å². The van der Waals surface area contributed by atoms with Crippen molar-refractivity contribution in [3.8, 4) is 11.1 Å². The van der Waals surface area contributed by atoms with E-state index in [1.54, 1.807) is 18.2 Å². The first-order chi connectivity index (χ1) is 18.9. The Hall–Kier alpha value is -5.38. The quantitative estimate of drug-likeness (QED) is 0.222. The van der Waals surface area contributed by atoms with Crippen molar-refractivity contribution in [2.75, 3.05) is 11.1 Å². The molecule has 0 aliphatic heterocycles. The number of aryl methyl sites for hydroxylation is 1. The van der Waals surface area contributed by atoms with Gasteiger partial charge in [0.15, 0.2) is 0 Å². The lowest BCUT2D eigenvalue weighted by molar-refractivity contribution is 0.546. The lowest BCUT2D eigenvalue weighted by atomic mass is 10.0. The van der Waals surface area contributed by atoms with Gasteiger partial charge in [-0.2, -0.15) is 5.10 Å². The van der Waals surface area contributed by atoms with Crippen molar-refractivity contribution in [1.82, 2.24) is 20.2 Å². The maximum absolute atomic E-state index is 14.0. The minimum atomic E-state index is -0.525. The fourth-order valence-corrected chi connectivity index (χ4v) is 4.62.